The number of hydrogen-bond donors (Lipinski definition) is 0. The van der Waals surface area contributed by atoms with Crippen molar-refractivity contribution < 1.29 is 0 Å². The SMILES string of the molecule is N#Cc1ccc(N(c2ccc(C#N)cc2)c2ccc3ccccc3c2)cc1. The Morgan fingerprint density at radius 2 is 1.00 bits per heavy atom. The second-order valence-corrected chi connectivity index (χ2v) is 6.18. The molecule has 126 valence electrons. The maximum atomic E-state index is 9.08. The van der Waals surface area contributed by atoms with Gasteiger partial charge in [0.2, 0.25) is 0 Å². The molecule has 0 spiro atoms. The molecular weight excluding hydrogens is 330 g/mol. The lowest BCUT2D eigenvalue weighted by Crippen LogP contribution is -2.09. The Balaban J connectivity index is 1.87. The summed E-state index contributed by atoms with van der Waals surface area (Å²) < 4.78 is 0. The highest BCUT2D eigenvalue weighted by Crippen LogP contribution is 2.36. The van der Waals surface area contributed by atoms with Crippen molar-refractivity contribution in [3.63, 3.8) is 0 Å². The van der Waals surface area contributed by atoms with Crippen LogP contribution < -0.4 is 4.90 Å². The number of nitrogens with zero attached hydrogens (tertiary/aromatic N) is 3. The quantitative estimate of drug-likeness (QED) is 0.454. The van der Waals surface area contributed by atoms with Gasteiger partial charge < -0.3 is 4.90 Å². The number of nitriles is 2. The maximum absolute atomic E-state index is 9.08. The van der Waals surface area contributed by atoms with Crippen molar-refractivity contribution in [2.75, 3.05) is 4.90 Å². The van der Waals surface area contributed by atoms with Gasteiger partial charge in [0, 0.05) is 17.1 Å². The Morgan fingerprint density at radius 1 is 0.519 bits per heavy atom. The van der Waals surface area contributed by atoms with Crippen molar-refractivity contribution in [3.8, 4) is 12.1 Å². The van der Waals surface area contributed by atoms with Gasteiger partial charge in [0.15, 0.2) is 0 Å². The summed E-state index contributed by atoms with van der Waals surface area (Å²) in [5.41, 5.74) is 4.17. The fourth-order valence-corrected chi connectivity index (χ4v) is 3.13. The molecule has 0 heterocycles. The molecule has 0 atom stereocenters. The maximum Gasteiger partial charge on any atom is 0.0991 e. The van der Waals surface area contributed by atoms with Crippen LogP contribution in [0.1, 0.15) is 11.1 Å². The van der Waals surface area contributed by atoms with Gasteiger partial charge in [-0.1, -0.05) is 30.3 Å². The molecule has 0 aliphatic heterocycles. The molecule has 0 aliphatic carbocycles. The second kappa shape index (κ2) is 7.04. The van der Waals surface area contributed by atoms with Crippen molar-refractivity contribution in [1.82, 2.24) is 0 Å². The van der Waals surface area contributed by atoms with Crippen LogP contribution in [0.3, 0.4) is 0 Å². The first-order chi connectivity index (χ1) is 13.3. The van der Waals surface area contributed by atoms with E-state index in [2.05, 4.69) is 47.4 Å². The summed E-state index contributed by atoms with van der Waals surface area (Å²) in [7, 11) is 0. The minimum atomic E-state index is 0.622. The molecule has 0 aliphatic rings. The fourth-order valence-electron chi connectivity index (χ4n) is 3.13. The first-order valence-electron chi connectivity index (χ1n) is 8.58. The molecule has 4 aromatic carbocycles. The highest BCUT2D eigenvalue weighted by Gasteiger charge is 2.13. The van der Waals surface area contributed by atoms with Gasteiger partial charge in [0.05, 0.1) is 23.3 Å². The molecule has 0 fully saturated rings. The summed E-state index contributed by atoms with van der Waals surface area (Å²) in [5.74, 6) is 0. The summed E-state index contributed by atoms with van der Waals surface area (Å²) in [6.07, 6.45) is 0. The topological polar surface area (TPSA) is 50.8 Å². The minimum absolute atomic E-state index is 0.622. The number of hydrogen-bond acceptors (Lipinski definition) is 3. The van der Waals surface area contributed by atoms with Crippen LogP contribution in [0.25, 0.3) is 10.8 Å². The van der Waals surface area contributed by atoms with Crippen molar-refractivity contribution in [2.24, 2.45) is 0 Å². The van der Waals surface area contributed by atoms with E-state index in [9.17, 15) is 0 Å². The van der Waals surface area contributed by atoms with Crippen LogP contribution >= 0.6 is 0 Å². The molecule has 27 heavy (non-hydrogen) atoms. The molecule has 0 saturated carbocycles. The van der Waals surface area contributed by atoms with Crippen molar-refractivity contribution in [2.45, 2.75) is 0 Å². The van der Waals surface area contributed by atoms with Gasteiger partial charge in [-0.05, 0) is 71.4 Å². The Kier molecular flexibility index (Phi) is 4.27. The van der Waals surface area contributed by atoms with Crippen molar-refractivity contribution in [1.29, 1.82) is 10.5 Å². The lowest BCUT2D eigenvalue weighted by atomic mass is 10.1. The number of benzene rings is 4. The van der Waals surface area contributed by atoms with Crippen molar-refractivity contribution in [3.05, 3.63) is 102 Å². The summed E-state index contributed by atoms with van der Waals surface area (Å²) in [4.78, 5) is 2.12. The van der Waals surface area contributed by atoms with E-state index >= 15 is 0 Å². The predicted octanol–water partition coefficient (Wildman–Crippen LogP) is 6.05. The normalized spacial score (nSPS) is 10.1. The van der Waals surface area contributed by atoms with E-state index in [1.54, 1.807) is 0 Å². The lowest BCUT2D eigenvalue weighted by molar-refractivity contribution is 1.28. The molecule has 0 amide bonds. The van der Waals surface area contributed by atoms with Gasteiger partial charge in [0.25, 0.3) is 0 Å². The zero-order chi connectivity index (χ0) is 18.6. The summed E-state index contributed by atoms with van der Waals surface area (Å²) >= 11 is 0. The first kappa shape index (κ1) is 16.4. The third-order valence-corrected chi connectivity index (χ3v) is 4.50. The Labute approximate surface area is 158 Å². The van der Waals surface area contributed by atoms with Crippen molar-refractivity contribution >= 4 is 27.8 Å². The number of rotatable bonds is 3. The van der Waals surface area contributed by atoms with Gasteiger partial charge in [-0.2, -0.15) is 10.5 Å². The molecule has 0 saturated heterocycles. The Bertz CT molecular complexity index is 1120. The molecule has 0 N–H and O–H groups in total. The highest BCUT2D eigenvalue weighted by atomic mass is 15.1. The lowest BCUT2D eigenvalue weighted by Gasteiger charge is -2.26. The average molecular weight is 345 g/mol. The van der Waals surface area contributed by atoms with Gasteiger partial charge in [-0.3, -0.25) is 0 Å². The summed E-state index contributed by atoms with van der Waals surface area (Å²) in [6, 6.07) is 33.9. The smallest absolute Gasteiger partial charge is 0.0991 e. The third-order valence-electron chi connectivity index (χ3n) is 4.50. The van der Waals surface area contributed by atoms with E-state index < -0.39 is 0 Å². The van der Waals surface area contributed by atoms with Crippen LogP contribution in [-0.4, -0.2) is 0 Å². The highest BCUT2D eigenvalue weighted by molar-refractivity contribution is 5.89. The van der Waals surface area contributed by atoms with Gasteiger partial charge in [-0.15, -0.1) is 0 Å². The van der Waals surface area contributed by atoms with E-state index in [4.69, 9.17) is 10.5 Å². The van der Waals surface area contributed by atoms with Crippen LogP contribution in [0.2, 0.25) is 0 Å². The molecule has 4 rings (SSSR count). The van der Waals surface area contributed by atoms with Crippen LogP contribution in [0.15, 0.2) is 91.0 Å². The largest absolute Gasteiger partial charge is 0.310 e. The molecular formula is C24H15N3. The van der Waals surface area contributed by atoms with Gasteiger partial charge >= 0.3 is 0 Å². The zero-order valence-corrected chi connectivity index (χ0v) is 14.5. The second-order valence-electron chi connectivity index (χ2n) is 6.18. The molecule has 0 unspecified atom stereocenters. The molecule has 3 nitrogen and oxygen atoms in total. The molecule has 0 bridgehead atoms. The zero-order valence-electron chi connectivity index (χ0n) is 14.5. The molecule has 4 aromatic rings. The van der Waals surface area contributed by atoms with E-state index in [0.29, 0.717) is 11.1 Å². The van der Waals surface area contributed by atoms with Gasteiger partial charge in [-0.25, -0.2) is 0 Å². The average Bonchev–Trinajstić information content (AvgIpc) is 2.75. The van der Waals surface area contributed by atoms with E-state index in [1.807, 2.05) is 60.7 Å². The van der Waals surface area contributed by atoms with Crippen LogP contribution in [0.5, 0.6) is 0 Å². The minimum Gasteiger partial charge on any atom is -0.310 e. The summed E-state index contributed by atoms with van der Waals surface area (Å²) in [5, 5.41) is 20.5. The van der Waals surface area contributed by atoms with Crippen LogP contribution in [0, 0.1) is 22.7 Å². The third kappa shape index (κ3) is 3.23. The Morgan fingerprint density at radius 3 is 1.52 bits per heavy atom. The van der Waals surface area contributed by atoms with E-state index in [-0.39, 0.29) is 0 Å². The predicted molar refractivity (Wildman–Crippen MR) is 108 cm³/mol. The standard InChI is InChI=1S/C24H15N3/c25-16-18-5-10-22(11-6-18)27(23-12-7-19(17-26)8-13-23)24-14-9-20-3-1-2-4-21(20)15-24/h1-15H. The fraction of sp³-hybridized carbons (Fsp3) is 0. The van der Waals surface area contributed by atoms with E-state index in [1.165, 1.54) is 5.39 Å². The Hall–Kier alpha value is -4.08. The summed E-state index contributed by atoms with van der Waals surface area (Å²) in [6.45, 7) is 0. The van der Waals surface area contributed by atoms with Gasteiger partial charge in [0.1, 0.15) is 0 Å². The van der Waals surface area contributed by atoms with Crippen LogP contribution in [-0.2, 0) is 0 Å². The van der Waals surface area contributed by atoms with Crippen LogP contribution in [0.4, 0.5) is 17.1 Å². The van der Waals surface area contributed by atoms with E-state index in [0.717, 1.165) is 22.4 Å². The number of fused-ring (bicyclic) bond motifs is 1. The first-order valence-corrected chi connectivity index (χ1v) is 8.58. The monoisotopic (exact) mass is 345 g/mol. The molecule has 0 radical (unpaired) electrons. The molecule has 3 heteroatoms. The molecule has 0 aromatic heterocycles. The number of anilines is 3.